The fraction of sp³-hybridized carbons (Fsp3) is 0.0667. The molecule has 2 aromatic heterocycles. The Labute approximate surface area is 115 Å². The van der Waals surface area contributed by atoms with E-state index in [1.807, 2.05) is 35.0 Å². The zero-order valence-corrected chi connectivity index (χ0v) is 10.6. The third-order valence-corrected chi connectivity index (χ3v) is 2.95. The predicted molar refractivity (Wildman–Crippen MR) is 72.9 cm³/mol. The molecule has 20 heavy (non-hydrogen) atoms. The van der Waals surface area contributed by atoms with Gasteiger partial charge in [-0.25, -0.2) is 9.78 Å². The van der Waals surface area contributed by atoms with Crippen molar-refractivity contribution in [2.45, 2.75) is 6.61 Å². The van der Waals surface area contributed by atoms with Crippen LogP contribution < -0.4 is 4.74 Å². The first-order valence-electron chi connectivity index (χ1n) is 6.11. The minimum absolute atomic E-state index is 0.255. The van der Waals surface area contributed by atoms with Gasteiger partial charge in [-0.15, -0.1) is 0 Å². The molecule has 100 valence electrons. The molecule has 2 heterocycles. The molecule has 0 fully saturated rings. The van der Waals surface area contributed by atoms with E-state index in [0.717, 1.165) is 11.2 Å². The molecule has 0 atom stereocenters. The average molecular weight is 268 g/mol. The number of carboxylic acids is 1. The van der Waals surface area contributed by atoms with Crippen LogP contribution in [-0.2, 0) is 6.61 Å². The van der Waals surface area contributed by atoms with Crippen molar-refractivity contribution >= 4 is 11.6 Å². The molecule has 1 N–H and O–H groups in total. The third kappa shape index (κ3) is 2.33. The molecule has 5 nitrogen and oxygen atoms in total. The number of carboxylic acid groups (broad SMARTS) is 1. The van der Waals surface area contributed by atoms with E-state index in [1.54, 1.807) is 24.4 Å². The van der Waals surface area contributed by atoms with E-state index in [-0.39, 0.29) is 5.56 Å². The number of benzene rings is 1. The van der Waals surface area contributed by atoms with Crippen molar-refractivity contribution in [2.24, 2.45) is 0 Å². The van der Waals surface area contributed by atoms with E-state index in [9.17, 15) is 4.79 Å². The van der Waals surface area contributed by atoms with Gasteiger partial charge < -0.3 is 14.2 Å². The molecule has 0 saturated carbocycles. The lowest BCUT2D eigenvalue weighted by Crippen LogP contribution is -2.01. The van der Waals surface area contributed by atoms with Crippen molar-refractivity contribution < 1.29 is 14.6 Å². The van der Waals surface area contributed by atoms with Gasteiger partial charge in [-0.3, -0.25) is 0 Å². The van der Waals surface area contributed by atoms with Gasteiger partial charge in [0.15, 0.2) is 11.4 Å². The molecule has 3 aromatic rings. The van der Waals surface area contributed by atoms with Crippen LogP contribution >= 0.6 is 0 Å². The van der Waals surface area contributed by atoms with Gasteiger partial charge >= 0.3 is 5.97 Å². The van der Waals surface area contributed by atoms with Gasteiger partial charge in [0.25, 0.3) is 0 Å². The number of hydrogen-bond donors (Lipinski definition) is 1. The lowest BCUT2D eigenvalue weighted by Gasteiger charge is -2.08. The van der Waals surface area contributed by atoms with E-state index in [1.165, 1.54) is 0 Å². The van der Waals surface area contributed by atoms with Crippen molar-refractivity contribution in [1.82, 2.24) is 9.38 Å². The number of rotatable bonds is 4. The maximum atomic E-state index is 10.9. The Morgan fingerprint density at radius 2 is 2.15 bits per heavy atom. The summed E-state index contributed by atoms with van der Waals surface area (Å²) in [5.74, 6) is -0.277. The van der Waals surface area contributed by atoms with Gasteiger partial charge in [-0.05, 0) is 29.8 Å². The number of ether oxygens (including phenoxy) is 1. The monoisotopic (exact) mass is 268 g/mol. The third-order valence-electron chi connectivity index (χ3n) is 2.95. The molecule has 0 spiro atoms. The Bertz CT molecular complexity index is 764. The maximum Gasteiger partial charge on any atom is 0.335 e. The van der Waals surface area contributed by atoms with Gasteiger partial charge in [0.2, 0.25) is 0 Å². The van der Waals surface area contributed by atoms with E-state index >= 15 is 0 Å². The van der Waals surface area contributed by atoms with E-state index in [0.29, 0.717) is 12.4 Å². The summed E-state index contributed by atoms with van der Waals surface area (Å²) in [6.45, 7) is 0.299. The van der Waals surface area contributed by atoms with Crippen LogP contribution in [0.5, 0.6) is 5.75 Å². The standard InChI is InChI=1S/C15H12N2O3/c18-15(19)12-4-1-3-11(9-12)10-20-13-5-2-7-17-8-6-16-14(13)17/h1-9H,10H2,(H,18,19). The SMILES string of the molecule is O=C(O)c1cccc(COc2cccn3ccnc23)c1. The second-order valence-corrected chi connectivity index (χ2v) is 4.32. The molecule has 0 bridgehead atoms. The minimum Gasteiger partial charge on any atom is -0.485 e. The van der Waals surface area contributed by atoms with Crippen molar-refractivity contribution in [3.8, 4) is 5.75 Å². The first-order valence-corrected chi connectivity index (χ1v) is 6.11. The summed E-state index contributed by atoms with van der Waals surface area (Å²) in [5.41, 5.74) is 1.80. The van der Waals surface area contributed by atoms with Crippen molar-refractivity contribution in [3.63, 3.8) is 0 Å². The van der Waals surface area contributed by atoms with Gasteiger partial charge in [-0.1, -0.05) is 12.1 Å². The molecule has 0 aliphatic heterocycles. The minimum atomic E-state index is -0.942. The number of fused-ring (bicyclic) bond motifs is 1. The number of aromatic carboxylic acids is 1. The van der Waals surface area contributed by atoms with Crippen LogP contribution in [0.2, 0.25) is 0 Å². The average Bonchev–Trinajstić information content (AvgIpc) is 2.94. The van der Waals surface area contributed by atoms with Crippen LogP contribution in [-0.4, -0.2) is 20.5 Å². The van der Waals surface area contributed by atoms with Crippen LogP contribution in [0.4, 0.5) is 0 Å². The Balaban J connectivity index is 1.81. The van der Waals surface area contributed by atoms with E-state index in [4.69, 9.17) is 9.84 Å². The summed E-state index contributed by atoms with van der Waals surface area (Å²) >= 11 is 0. The molecule has 3 rings (SSSR count). The summed E-state index contributed by atoms with van der Waals surface area (Å²) in [7, 11) is 0. The number of hydrogen-bond acceptors (Lipinski definition) is 3. The Hall–Kier alpha value is -2.82. The summed E-state index contributed by atoms with van der Waals surface area (Å²) in [6.07, 6.45) is 5.43. The zero-order valence-electron chi connectivity index (χ0n) is 10.6. The quantitative estimate of drug-likeness (QED) is 0.790. The Morgan fingerprint density at radius 3 is 3.00 bits per heavy atom. The molecule has 0 saturated heterocycles. The first-order chi connectivity index (χ1) is 9.74. The topological polar surface area (TPSA) is 63.8 Å². The fourth-order valence-corrected chi connectivity index (χ4v) is 1.99. The Morgan fingerprint density at radius 1 is 1.25 bits per heavy atom. The Kier molecular flexibility index (Phi) is 3.09. The number of imidazole rings is 1. The molecule has 0 unspecified atom stereocenters. The van der Waals surface area contributed by atoms with E-state index < -0.39 is 5.97 Å². The highest BCUT2D eigenvalue weighted by molar-refractivity contribution is 5.87. The predicted octanol–water partition coefficient (Wildman–Crippen LogP) is 2.61. The zero-order chi connectivity index (χ0) is 13.9. The number of aromatic nitrogens is 2. The van der Waals surface area contributed by atoms with Crippen LogP contribution in [0.25, 0.3) is 5.65 Å². The fourth-order valence-electron chi connectivity index (χ4n) is 1.99. The van der Waals surface area contributed by atoms with Gasteiger partial charge in [0.05, 0.1) is 5.56 Å². The lowest BCUT2D eigenvalue weighted by atomic mass is 10.1. The smallest absolute Gasteiger partial charge is 0.335 e. The maximum absolute atomic E-state index is 10.9. The molecule has 0 amide bonds. The molecule has 0 aliphatic rings. The number of carbonyl (C=O) groups is 1. The number of nitrogens with zero attached hydrogens (tertiary/aromatic N) is 2. The van der Waals surface area contributed by atoms with Crippen LogP contribution in [0.3, 0.4) is 0 Å². The second kappa shape index (κ2) is 5.05. The largest absolute Gasteiger partial charge is 0.485 e. The van der Waals surface area contributed by atoms with E-state index in [2.05, 4.69) is 4.98 Å². The lowest BCUT2D eigenvalue weighted by molar-refractivity contribution is 0.0696. The molecular formula is C15H12N2O3. The van der Waals surface area contributed by atoms with Gasteiger partial charge in [0, 0.05) is 18.6 Å². The van der Waals surface area contributed by atoms with Crippen molar-refractivity contribution in [2.75, 3.05) is 0 Å². The number of pyridine rings is 1. The summed E-state index contributed by atoms with van der Waals surface area (Å²) in [6, 6.07) is 10.4. The summed E-state index contributed by atoms with van der Waals surface area (Å²) in [4.78, 5) is 15.1. The highest BCUT2D eigenvalue weighted by Crippen LogP contribution is 2.19. The highest BCUT2D eigenvalue weighted by Gasteiger charge is 2.06. The first kappa shape index (κ1) is 12.2. The molecular weight excluding hydrogens is 256 g/mol. The van der Waals surface area contributed by atoms with Gasteiger partial charge in [-0.2, -0.15) is 0 Å². The summed E-state index contributed by atoms with van der Waals surface area (Å²) < 4.78 is 7.59. The van der Waals surface area contributed by atoms with Crippen molar-refractivity contribution in [1.29, 1.82) is 0 Å². The second-order valence-electron chi connectivity index (χ2n) is 4.32. The van der Waals surface area contributed by atoms with Crippen LogP contribution in [0, 0.1) is 0 Å². The van der Waals surface area contributed by atoms with Gasteiger partial charge in [0.1, 0.15) is 6.61 Å². The van der Waals surface area contributed by atoms with Crippen molar-refractivity contribution in [3.05, 3.63) is 66.1 Å². The van der Waals surface area contributed by atoms with Crippen LogP contribution in [0.15, 0.2) is 55.0 Å². The molecule has 0 aliphatic carbocycles. The molecule has 0 radical (unpaired) electrons. The molecule has 1 aromatic carbocycles. The highest BCUT2D eigenvalue weighted by atomic mass is 16.5. The summed E-state index contributed by atoms with van der Waals surface area (Å²) in [5, 5.41) is 8.95. The van der Waals surface area contributed by atoms with Crippen LogP contribution in [0.1, 0.15) is 15.9 Å². The normalized spacial score (nSPS) is 10.6. The molecule has 5 heteroatoms.